The summed E-state index contributed by atoms with van der Waals surface area (Å²) in [5, 5.41) is 5.87. The van der Waals surface area contributed by atoms with Crippen LogP contribution in [-0.2, 0) is 4.79 Å². The molecule has 0 aliphatic rings. The van der Waals surface area contributed by atoms with Gasteiger partial charge in [0.1, 0.15) is 0 Å². The molecule has 0 atom stereocenters. The van der Waals surface area contributed by atoms with Gasteiger partial charge in [0.25, 0.3) is 0 Å². The zero-order valence-electron chi connectivity index (χ0n) is 9.21. The van der Waals surface area contributed by atoms with Crippen molar-refractivity contribution in [1.82, 2.24) is 10.3 Å². The fourth-order valence-electron chi connectivity index (χ4n) is 1.19. The van der Waals surface area contributed by atoms with Crippen LogP contribution in [0.3, 0.4) is 0 Å². The molecule has 1 amide bonds. The van der Waals surface area contributed by atoms with Gasteiger partial charge in [0.2, 0.25) is 5.91 Å². The number of carbonyl (C=O) groups is 1. The maximum Gasteiger partial charge on any atom is 0.238 e. The first-order chi connectivity index (χ1) is 7.24. The number of rotatable bonds is 5. The van der Waals surface area contributed by atoms with Crippen LogP contribution in [0.15, 0.2) is 18.5 Å². The molecule has 1 aromatic rings. The fourth-order valence-corrected chi connectivity index (χ4v) is 1.19. The Balaban J connectivity index is 2.41. The molecule has 0 aliphatic heterocycles. The number of aryl methyl sites for hydroxylation is 1. The normalized spacial score (nSPS) is 10.0. The number of hydrogen-bond acceptors (Lipinski definition) is 3. The maximum absolute atomic E-state index is 11.4. The highest BCUT2D eigenvalue weighted by Gasteiger charge is 2.02. The summed E-state index contributed by atoms with van der Waals surface area (Å²) >= 11 is 0. The Kier molecular flexibility index (Phi) is 4.77. The van der Waals surface area contributed by atoms with E-state index >= 15 is 0 Å². The Morgan fingerprint density at radius 1 is 1.53 bits per heavy atom. The standard InChI is InChI=1S/C11H17N3O/c1-3-5-12-8-11(15)14-10-4-6-13-7-9(10)2/h4,6-7,12H,3,5,8H2,1-2H3,(H,13,14,15). The summed E-state index contributed by atoms with van der Waals surface area (Å²) in [4.78, 5) is 15.4. The Hall–Kier alpha value is -1.42. The van der Waals surface area contributed by atoms with Crippen LogP contribution < -0.4 is 10.6 Å². The minimum absolute atomic E-state index is 0.0160. The van der Waals surface area contributed by atoms with Crippen molar-refractivity contribution in [2.45, 2.75) is 20.3 Å². The summed E-state index contributed by atoms with van der Waals surface area (Å²) in [6.45, 7) is 5.21. The molecule has 2 N–H and O–H groups in total. The van der Waals surface area contributed by atoms with E-state index in [1.165, 1.54) is 0 Å². The van der Waals surface area contributed by atoms with Crippen molar-refractivity contribution in [3.63, 3.8) is 0 Å². The predicted molar refractivity (Wildman–Crippen MR) is 60.8 cm³/mol. The van der Waals surface area contributed by atoms with Crippen molar-refractivity contribution in [3.05, 3.63) is 24.0 Å². The van der Waals surface area contributed by atoms with Gasteiger partial charge in [-0.25, -0.2) is 0 Å². The quantitative estimate of drug-likeness (QED) is 0.716. The van der Waals surface area contributed by atoms with Crippen LogP contribution in [0.5, 0.6) is 0 Å². The summed E-state index contributed by atoms with van der Waals surface area (Å²) in [7, 11) is 0. The number of nitrogens with one attached hydrogen (secondary N) is 2. The number of aromatic nitrogens is 1. The molecule has 0 fully saturated rings. The Morgan fingerprint density at radius 2 is 2.33 bits per heavy atom. The van der Waals surface area contributed by atoms with E-state index in [0.717, 1.165) is 24.2 Å². The van der Waals surface area contributed by atoms with Crippen LogP contribution in [0, 0.1) is 6.92 Å². The molecular formula is C11H17N3O. The summed E-state index contributed by atoms with van der Waals surface area (Å²) in [5.74, 6) is -0.0160. The van der Waals surface area contributed by atoms with E-state index in [4.69, 9.17) is 0 Å². The van der Waals surface area contributed by atoms with Crippen LogP contribution in [0.4, 0.5) is 5.69 Å². The predicted octanol–water partition coefficient (Wildman–Crippen LogP) is 1.33. The van der Waals surface area contributed by atoms with Crippen molar-refractivity contribution in [1.29, 1.82) is 0 Å². The number of hydrogen-bond donors (Lipinski definition) is 2. The molecule has 0 saturated carbocycles. The third-order valence-electron chi connectivity index (χ3n) is 2.01. The van der Waals surface area contributed by atoms with Gasteiger partial charge < -0.3 is 10.6 Å². The fraction of sp³-hybridized carbons (Fsp3) is 0.455. The van der Waals surface area contributed by atoms with E-state index in [1.54, 1.807) is 18.5 Å². The average molecular weight is 207 g/mol. The van der Waals surface area contributed by atoms with Crippen molar-refractivity contribution in [2.75, 3.05) is 18.4 Å². The molecule has 0 saturated heterocycles. The summed E-state index contributed by atoms with van der Waals surface area (Å²) < 4.78 is 0. The van der Waals surface area contributed by atoms with Gasteiger partial charge >= 0.3 is 0 Å². The van der Waals surface area contributed by atoms with E-state index in [9.17, 15) is 4.79 Å². The topological polar surface area (TPSA) is 54.0 Å². The maximum atomic E-state index is 11.4. The molecule has 4 heteroatoms. The molecule has 1 aromatic heterocycles. The average Bonchev–Trinajstić information content (AvgIpc) is 2.22. The molecular weight excluding hydrogens is 190 g/mol. The number of carbonyl (C=O) groups excluding carboxylic acids is 1. The van der Waals surface area contributed by atoms with Crippen LogP contribution in [0.2, 0.25) is 0 Å². The SMILES string of the molecule is CCCNCC(=O)Nc1ccncc1C. The molecule has 0 aliphatic carbocycles. The molecule has 0 radical (unpaired) electrons. The van der Waals surface area contributed by atoms with Gasteiger partial charge in [0.05, 0.1) is 6.54 Å². The Morgan fingerprint density at radius 3 is 3.00 bits per heavy atom. The lowest BCUT2D eigenvalue weighted by atomic mass is 10.2. The lowest BCUT2D eigenvalue weighted by Crippen LogP contribution is -2.28. The van der Waals surface area contributed by atoms with Gasteiger partial charge in [0.15, 0.2) is 0 Å². The third kappa shape index (κ3) is 4.08. The number of anilines is 1. The largest absolute Gasteiger partial charge is 0.325 e. The first-order valence-electron chi connectivity index (χ1n) is 5.15. The highest BCUT2D eigenvalue weighted by Crippen LogP contribution is 2.10. The second-order valence-electron chi connectivity index (χ2n) is 3.42. The molecule has 4 nitrogen and oxygen atoms in total. The highest BCUT2D eigenvalue weighted by molar-refractivity contribution is 5.92. The van der Waals surface area contributed by atoms with Gasteiger partial charge in [-0.15, -0.1) is 0 Å². The van der Waals surface area contributed by atoms with Gasteiger partial charge in [-0.1, -0.05) is 6.92 Å². The number of nitrogens with zero attached hydrogens (tertiary/aromatic N) is 1. The molecule has 1 heterocycles. The second kappa shape index (κ2) is 6.14. The summed E-state index contributed by atoms with van der Waals surface area (Å²) in [6, 6.07) is 1.80. The van der Waals surface area contributed by atoms with Crippen molar-refractivity contribution in [3.8, 4) is 0 Å². The zero-order chi connectivity index (χ0) is 11.1. The smallest absolute Gasteiger partial charge is 0.238 e. The van der Waals surface area contributed by atoms with E-state index < -0.39 is 0 Å². The van der Waals surface area contributed by atoms with Crippen molar-refractivity contribution >= 4 is 11.6 Å². The van der Waals surface area contributed by atoms with Gasteiger partial charge in [-0.05, 0) is 31.5 Å². The zero-order valence-corrected chi connectivity index (χ0v) is 9.21. The minimum atomic E-state index is -0.0160. The van der Waals surface area contributed by atoms with Crippen molar-refractivity contribution in [2.24, 2.45) is 0 Å². The van der Waals surface area contributed by atoms with Crippen LogP contribution in [0.1, 0.15) is 18.9 Å². The number of amides is 1. The molecule has 0 spiro atoms. The minimum Gasteiger partial charge on any atom is -0.325 e. The first kappa shape index (κ1) is 11.7. The molecule has 82 valence electrons. The first-order valence-corrected chi connectivity index (χ1v) is 5.15. The number of pyridine rings is 1. The van der Waals surface area contributed by atoms with E-state index in [1.807, 2.05) is 6.92 Å². The lowest BCUT2D eigenvalue weighted by Gasteiger charge is -2.07. The summed E-state index contributed by atoms with van der Waals surface area (Å²) in [6.07, 6.45) is 4.43. The van der Waals surface area contributed by atoms with Crippen molar-refractivity contribution < 1.29 is 4.79 Å². The van der Waals surface area contributed by atoms with Gasteiger partial charge in [0, 0.05) is 18.1 Å². The Labute approximate surface area is 90.1 Å². The third-order valence-corrected chi connectivity index (χ3v) is 2.01. The second-order valence-corrected chi connectivity index (χ2v) is 3.42. The van der Waals surface area contributed by atoms with E-state index in [2.05, 4.69) is 22.5 Å². The van der Waals surface area contributed by atoms with E-state index in [-0.39, 0.29) is 5.91 Å². The van der Waals surface area contributed by atoms with Crippen LogP contribution in [0.25, 0.3) is 0 Å². The van der Waals surface area contributed by atoms with Gasteiger partial charge in [-0.2, -0.15) is 0 Å². The van der Waals surface area contributed by atoms with Crippen LogP contribution >= 0.6 is 0 Å². The molecule has 0 aromatic carbocycles. The molecule has 1 rings (SSSR count). The highest BCUT2D eigenvalue weighted by atomic mass is 16.1. The lowest BCUT2D eigenvalue weighted by molar-refractivity contribution is -0.115. The molecule has 0 bridgehead atoms. The van der Waals surface area contributed by atoms with Gasteiger partial charge in [-0.3, -0.25) is 9.78 Å². The van der Waals surface area contributed by atoms with E-state index in [0.29, 0.717) is 6.54 Å². The molecule has 0 unspecified atom stereocenters. The summed E-state index contributed by atoms with van der Waals surface area (Å²) in [5.41, 5.74) is 1.80. The van der Waals surface area contributed by atoms with Crippen LogP contribution in [-0.4, -0.2) is 24.0 Å². The monoisotopic (exact) mass is 207 g/mol. The Bertz CT molecular complexity index is 325. The molecule has 15 heavy (non-hydrogen) atoms.